The smallest absolute Gasteiger partial charge is 0.350 e. The van der Waals surface area contributed by atoms with Crippen LogP contribution in [0.1, 0.15) is 19.4 Å². The van der Waals surface area contributed by atoms with Gasteiger partial charge in [-0.1, -0.05) is 0 Å². The maximum absolute atomic E-state index is 11.9. The lowest BCUT2D eigenvalue weighted by molar-refractivity contribution is -0.222. The molecular formula is C17H16N2O5. The van der Waals surface area contributed by atoms with Gasteiger partial charge in [-0.25, -0.2) is 9.59 Å². The van der Waals surface area contributed by atoms with Crippen LogP contribution in [0.4, 0.5) is 5.69 Å². The molecule has 3 rings (SSSR count). The van der Waals surface area contributed by atoms with Crippen LogP contribution < -0.4 is 10.9 Å². The molecule has 0 aliphatic carbocycles. The Morgan fingerprint density at radius 1 is 1.08 bits per heavy atom. The van der Waals surface area contributed by atoms with E-state index in [0.717, 1.165) is 10.9 Å². The molecule has 0 saturated carbocycles. The first-order valence-corrected chi connectivity index (χ1v) is 7.32. The SMILES string of the molecule is Cc1cc(=O)[nH]c2ccc(NC=C3C(=O)OC(C)(C)OC3=O)cc12. The van der Waals surface area contributed by atoms with Crippen LogP contribution in [0.5, 0.6) is 0 Å². The average molecular weight is 328 g/mol. The lowest BCUT2D eigenvalue weighted by Gasteiger charge is -2.29. The molecule has 24 heavy (non-hydrogen) atoms. The van der Waals surface area contributed by atoms with Crippen LogP contribution in [-0.2, 0) is 19.1 Å². The molecule has 2 N–H and O–H groups in total. The minimum Gasteiger partial charge on any atom is -0.419 e. The molecular weight excluding hydrogens is 312 g/mol. The number of hydrogen-bond donors (Lipinski definition) is 2. The summed E-state index contributed by atoms with van der Waals surface area (Å²) in [6.45, 7) is 4.80. The van der Waals surface area contributed by atoms with Crippen molar-refractivity contribution in [2.75, 3.05) is 5.32 Å². The number of H-pyrrole nitrogens is 1. The highest BCUT2D eigenvalue weighted by Gasteiger charge is 2.38. The Morgan fingerprint density at radius 2 is 1.75 bits per heavy atom. The standard InChI is InChI=1S/C17H16N2O5/c1-9-6-14(20)19-13-5-4-10(7-11(9)13)18-8-12-15(21)23-17(2,3)24-16(12)22/h4-8,18H,1-3H3,(H,19,20). The Morgan fingerprint density at radius 3 is 2.42 bits per heavy atom. The second-order valence-electron chi connectivity index (χ2n) is 5.96. The lowest BCUT2D eigenvalue weighted by atomic mass is 10.1. The van der Waals surface area contributed by atoms with Gasteiger partial charge >= 0.3 is 11.9 Å². The molecule has 1 saturated heterocycles. The van der Waals surface area contributed by atoms with E-state index < -0.39 is 17.7 Å². The van der Waals surface area contributed by atoms with Crippen LogP contribution >= 0.6 is 0 Å². The Labute approximate surface area is 137 Å². The van der Waals surface area contributed by atoms with E-state index in [2.05, 4.69) is 10.3 Å². The first-order valence-electron chi connectivity index (χ1n) is 7.32. The molecule has 1 aliphatic heterocycles. The number of benzene rings is 1. The van der Waals surface area contributed by atoms with Gasteiger partial charge < -0.3 is 19.8 Å². The molecule has 7 nitrogen and oxygen atoms in total. The number of pyridine rings is 1. The van der Waals surface area contributed by atoms with Gasteiger partial charge in [0, 0.05) is 42.7 Å². The molecule has 2 heterocycles. The fourth-order valence-electron chi connectivity index (χ4n) is 2.45. The van der Waals surface area contributed by atoms with E-state index in [9.17, 15) is 14.4 Å². The highest BCUT2D eigenvalue weighted by atomic mass is 16.7. The number of cyclic esters (lactones) is 2. The van der Waals surface area contributed by atoms with E-state index in [1.807, 2.05) is 6.92 Å². The zero-order valence-corrected chi connectivity index (χ0v) is 13.4. The van der Waals surface area contributed by atoms with Crippen molar-refractivity contribution >= 4 is 28.5 Å². The summed E-state index contributed by atoms with van der Waals surface area (Å²) in [4.78, 5) is 38.0. The zero-order valence-electron chi connectivity index (χ0n) is 13.4. The van der Waals surface area contributed by atoms with Crippen LogP contribution in [0.2, 0.25) is 0 Å². The molecule has 124 valence electrons. The number of carbonyl (C=O) groups is 2. The molecule has 0 atom stereocenters. The van der Waals surface area contributed by atoms with Gasteiger partial charge in [-0.05, 0) is 30.7 Å². The van der Waals surface area contributed by atoms with Crippen molar-refractivity contribution in [3.05, 3.63) is 52.0 Å². The molecule has 2 aromatic rings. The van der Waals surface area contributed by atoms with Crippen LogP contribution in [0.3, 0.4) is 0 Å². The summed E-state index contributed by atoms with van der Waals surface area (Å²) in [5.74, 6) is -2.76. The average Bonchev–Trinajstić information content (AvgIpc) is 2.45. The topological polar surface area (TPSA) is 97.5 Å². The largest absolute Gasteiger partial charge is 0.419 e. The van der Waals surface area contributed by atoms with Gasteiger partial charge in [0.1, 0.15) is 0 Å². The molecule has 0 unspecified atom stereocenters. The maximum atomic E-state index is 11.9. The summed E-state index contributed by atoms with van der Waals surface area (Å²) in [6, 6.07) is 6.77. The Bertz CT molecular complexity index is 918. The van der Waals surface area contributed by atoms with Gasteiger partial charge in [-0.3, -0.25) is 4.79 Å². The van der Waals surface area contributed by atoms with Gasteiger partial charge in [0.05, 0.1) is 0 Å². The van der Waals surface area contributed by atoms with Crippen LogP contribution in [0, 0.1) is 6.92 Å². The number of nitrogens with one attached hydrogen (secondary N) is 2. The predicted molar refractivity (Wildman–Crippen MR) is 87.3 cm³/mol. The fraction of sp³-hybridized carbons (Fsp3) is 0.235. The first-order chi connectivity index (χ1) is 11.2. The van der Waals surface area contributed by atoms with Crippen molar-refractivity contribution in [1.29, 1.82) is 0 Å². The monoisotopic (exact) mass is 328 g/mol. The van der Waals surface area contributed by atoms with E-state index in [0.29, 0.717) is 11.2 Å². The van der Waals surface area contributed by atoms with E-state index in [4.69, 9.17) is 9.47 Å². The molecule has 1 fully saturated rings. The number of fused-ring (bicyclic) bond motifs is 1. The number of esters is 2. The Kier molecular flexibility index (Phi) is 3.63. The molecule has 1 aromatic carbocycles. The second kappa shape index (κ2) is 5.52. The van der Waals surface area contributed by atoms with E-state index >= 15 is 0 Å². The zero-order chi connectivity index (χ0) is 17.5. The number of rotatable bonds is 2. The van der Waals surface area contributed by atoms with Gasteiger partial charge in [0.25, 0.3) is 5.79 Å². The summed E-state index contributed by atoms with van der Waals surface area (Å²) in [7, 11) is 0. The van der Waals surface area contributed by atoms with Crippen molar-refractivity contribution in [3.8, 4) is 0 Å². The molecule has 0 amide bonds. The van der Waals surface area contributed by atoms with Crippen molar-refractivity contribution in [1.82, 2.24) is 4.98 Å². The van der Waals surface area contributed by atoms with Gasteiger partial charge in [-0.2, -0.15) is 0 Å². The number of aromatic amines is 1. The summed E-state index contributed by atoms with van der Waals surface area (Å²) >= 11 is 0. The number of carbonyl (C=O) groups excluding carboxylic acids is 2. The van der Waals surface area contributed by atoms with Gasteiger partial charge in [-0.15, -0.1) is 0 Å². The summed E-state index contributed by atoms with van der Waals surface area (Å²) in [5, 5.41) is 3.74. The molecule has 7 heteroatoms. The normalized spacial score (nSPS) is 16.5. The summed E-state index contributed by atoms with van der Waals surface area (Å²) < 4.78 is 10.0. The summed E-state index contributed by atoms with van der Waals surface area (Å²) in [5.41, 5.74) is 1.79. The Balaban J connectivity index is 1.89. The van der Waals surface area contributed by atoms with Crippen molar-refractivity contribution in [3.63, 3.8) is 0 Å². The molecule has 1 aliphatic rings. The Hall–Kier alpha value is -3.09. The van der Waals surface area contributed by atoms with Crippen molar-refractivity contribution in [2.45, 2.75) is 26.6 Å². The van der Waals surface area contributed by atoms with Crippen molar-refractivity contribution in [2.24, 2.45) is 0 Å². The van der Waals surface area contributed by atoms with Crippen LogP contribution in [0.25, 0.3) is 10.9 Å². The van der Waals surface area contributed by atoms with E-state index in [1.54, 1.807) is 18.2 Å². The quantitative estimate of drug-likeness (QED) is 0.497. The molecule has 1 aromatic heterocycles. The number of ether oxygens (including phenoxy) is 2. The third-order valence-corrected chi connectivity index (χ3v) is 3.55. The molecule has 0 spiro atoms. The summed E-state index contributed by atoms with van der Waals surface area (Å²) in [6.07, 6.45) is 1.25. The minimum atomic E-state index is -1.27. The highest BCUT2D eigenvalue weighted by molar-refractivity contribution is 6.15. The number of aromatic nitrogens is 1. The lowest BCUT2D eigenvalue weighted by Crippen LogP contribution is -2.42. The van der Waals surface area contributed by atoms with Crippen molar-refractivity contribution < 1.29 is 19.1 Å². The minimum absolute atomic E-state index is 0.168. The van der Waals surface area contributed by atoms with Gasteiger partial charge in [0.2, 0.25) is 5.56 Å². The van der Waals surface area contributed by atoms with Crippen LogP contribution in [0.15, 0.2) is 40.8 Å². The second-order valence-corrected chi connectivity index (χ2v) is 5.96. The first kappa shape index (κ1) is 15.8. The molecule has 0 bridgehead atoms. The predicted octanol–water partition coefficient (Wildman–Crippen LogP) is 1.97. The fourth-order valence-corrected chi connectivity index (χ4v) is 2.45. The van der Waals surface area contributed by atoms with Gasteiger partial charge in [0.15, 0.2) is 5.57 Å². The number of anilines is 1. The third-order valence-electron chi connectivity index (χ3n) is 3.55. The van der Waals surface area contributed by atoms with E-state index in [1.165, 1.54) is 26.1 Å². The number of aryl methyl sites for hydroxylation is 1. The van der Waals surface area contributed by atoms with Crippen LogP contribution in [-0.4, -0.2) is 22.7 Å². The molecule has 0 radical (unpaired) electrons. The number of hydrogen-bond acceptors (Lipinski definition) is 6. The third kappa shape index (κ3) is 3.01. The highest BCUT2D eigenvalue weighted by Crippen LogP contribution is 2.23. The van der Waals surface area contributed by atoms with E-state index in [-0.39, 0.29) is 11.1 Å². The maximum Gasteiger partial charge on any atom is 0.350 e.